The van der Waals surface area contributed by atoms with E-state index in [0.29, 0.717) is 45.6 Å². The maximum atomic E-state index is 13.4. The van der Waals surface area contributed by atoms with Gasteiger partial charge in [-0.1, -0.05) is 54.4 Å². The van der Waals surface area contributed by atoms with Gasteiger partial charge >= 0.3 is 0 Å². The van der Waals surface area contributed by atoms with Gasteiger partial charge in [-0.15, -0.1) is 0 Å². The predicted molar refractivity (Wildman–Crippen MR) is 116 cm³/mol. The zero-order valence-electron chi connectivity index (χ0n) is 16.0. The molecule has 0 aromatic heterocycles. The van der Waals surface area contributed by atoms with Crippen LogP contribution in [-0.4, -0.2) is 54.1 Å². The normalized spacial score (nSPS) is 17.6. The van der Waals surface area contributed by atoms with Gasteiger partial charge < -0.3 is 15.1 Å². The van der Waals surface area contributed by atoms with Crippen LogP contribution in [0.15, 0.2) is 53.9 Å². The summed E-state index contributed by atoms with van der Waals surface area (Å²) in [5.74, 6) is -0.327. The van der Waals surface area contributed by atoms with E-state index < -0.39 is 0 Å². The highest BCUT2D eigenvalue weighted by Crippen LogP contribution is 2.32. The number of rotatable bonds is 4. The van der Waals surface area contributed by atoms with Gasteiger partial charge in [-0.25, -0.2) is 0 Å². The highest BCUT2D eigenvalue weighted by Gasteiger charge is 2.36. The number of carbonyl (C=O) groups is 2. The highest BCUT2D eigenvalue weighted by molar-refractivity contribution is 6.42. The number of benzene rings is 2. The molecule has 5 nitrogen and oxygen atoms in total. The van der Waals surface area contributed by atoms with Crippen LogP contribution in [0.1, 0.15) is 27.6 Å². The van der Waals surface area contributed by atoms with E-state index in [1.54, 1.807) is 42.5 Å². The van der Waals surface area contributed by atoms with Crippen molar-refractivity contribution >= 4 is 40.5 Å². The Morgan fingerprint density at radius 1 is 0.897 bits per heavy atom. The molecule has 0 bridgehead atoms. The van der Waals surface area contributed by atoms with Crippen molar-refractivity contribution < 1.29 is 9.59 Å². The van der Waals surface area contributed by atoms with E-state index in [1.165, 1.54) is 0 Å². The molecule has 1 saturated heterocycles. The maximum absolute atomic E-state index is 13.4. The number of fused-ring (bicyclic) bond motifs is 1. The van der Waals surface area contributed by atoms with E-state index in [1.807, 2.05) is 4.90 Å². The van der Waals surface area contributed by atoms with Crippen molar-refractivity contribution in [3.8, 4) is 0 Å². The van der Waals surface area contributed by atoms with Crippen LogP contribution in [0.4, 0.5) is 5.69 Å². The summed E-state index contributed by atoms with van der Waals surface area (Å²) in [4.78, 5) is 31.0. The number of likely N-dealkylation sites (N-methyl/N-ethyl adjacent to an activating group) is 1. The molecular weight excluding hydrogens is 409 g/mol. The number of nitrogens with zero attached hydrogens (tertiary/aromatic N) is 2. The second kappa shape index (κ2) is 8.19. The van der Waals surface area contributed by atoms with Gasteiger partial charge in [0.15, 0.2) is 0 Å². The van der Waals surface area contributed by atoms with Gasteiger partial charge in [0.2, 0.25) is 11.6 Å². The summed E-state index contributed by atoms with van der Waals surface area (Å²) in [6, 6.07) is 12.0. The first-order valence-electron chi connectivity index (χ1n) is 9.61. The van der Waals surface area contributed by atoms with Crippen molar-refractivity contribution in [2.45, 2.75) is 6.92 Å². The number of piperazine rings is 1. The number of halogens is 2. The molecule has 0 unspecified atom stereocenters. The fourth-order valence-corrected chi connectivity index (χ4v) is 4.08. The average molecular weight is 430 g/mol. The molecule has 2 aromatic carbocycles. The third-order valence-corrected chi connectivity index (χ3v) is 6.16. The van der Waals surface area contributed by atoms with Crippen LogP contribution < -0.4 is 5.32 Å². The van der Waals surface area contributed by atoms with Gasteiger partial charge in [0, 0.05) is 43.0 Å². The lowest BCUT2D eigenvalue weighted by atomic mass is 9.89. The molecule has 0 atom stereocenters. The number of hydrogen-bond acceptors (Lipinski definition) is 5. The molecule has 1 N–H and O–H groups in total. The van der Waals surface area contributed by atoms with E-state index in [0.717, 1.165) is 19.6 Å². The molecule has 29 heavy (non-hydrogen) atoms. The lowest BCUT2D eigenvalue weighted by molar-refractivity contribution is 0.0909. The Balaban J connectivity index is 1.77. The van der Waals surface area contributed by atoms with E-state index in [9.17, 15) is 9.59 Å². The van der Waals surface area contributed by atoms with E-state index in [-0.39, 0.29) is 17.3 Å². The second-order valence-electron chi connectivity index (χ2n) is 7.10. The lowest BCUT2D eigenvalue weighted by Gasteiger charge is -2.38. The van der Waals surface area contributed by atoms with Gasteiger partial charge in [-0.3, -0.25) is 9.59 Å². The van der Waals surface area contributed by atoms with Crippen LogP contribution in [0, 0.1) is 0 Å². The minimum Gasteiger partial charge on any atom is -0.364 e. The summed E-state index contributed by atoms with van der Waals surface area (Å²) in [6.07, 6.45) is 0. The summed E-state index contributed by atoms with van der Waals surface area (Å²) >= 11 is 12.2. The van der Waals surface area contributed by atoms with Gasteiger partial charge in [0.25, 0.3) is 0 Å². The number of nitrogens with one attached hydrogen (secondary N) is 1. The molecule has 0 spiro atoms. The van der Waals surface area contributed by atoms with E-state index in [2.05, 4.69) is 17.1 Å². The predicted octanol–water partition coefficient (Wildman–Crippen LogP) is 4.33. The van der Waals surface area contributed by atoms with Crippen LogP contribution in [0.2, 0.25) is 10.0 Å². The number of anilines is 1. The third-order valence-electron chi connectivity index (χ3n) is 5.42. The second-order valence-corrected chi connectivity index (χ2v) is 7.92. The first kappa shape index (κ1) is 20.0. The molecule has 1 heterocycles. The van der Waals surface area contributed by atoms with Crippen molar-refractivity contribution in [3.63, 3.8) is 0 Å². The molecule has 1 fully saturated rings. The standard InChI is InChI=1S/C22H21Cl2N3O2/c1-2-26-9-11-27(12-10-26)20-19(25-14-7-8-17(23)18(24)13-14)21(28)15-5-3-4-6-16(15)22(20)29/h3-8,13,25H,2,9-12H2,1H3. The van der Waals surface area contributed by atoms with Crippen molar-refractivity contribution in [2.24, 2.45) is 0 Å². The molecule has 2 aromatic rings. The van der Waals surface area contributed by atoms with E-state index in [4.69, 9.17) is 23.2 Å². The summed E-state index contributed by atoms with van der Waals surface area (Å²) in [5.41, 5.74) is 2.19. The van der Waals surface area contributed by atoms with Crippen LogP contribution in [0.25, 0.3) is 0 Å². The molecule has 4 rings (SSSR count). The molecule has 0 radical (unpaired) electrons. The summed E-state index contributed by atoms with van der Waals surface area (Å²) in [7, 11) is 0. The maximum Gasteiger partial charge on any atom is 0.212 e. The monoisotopic (exact) mass is 429 g/mol. The lowest BCUT2D eigenvalue weighted by Crippen LogP contribution is -2.48. The van der Waals surface area contributed by atoms with Crippen molar-refractivity contribution in [2.75, 3.05) is 38.0 Å². The van der Waals surface area contributed by atoms with E-state index >= 15 is 0 Å². The molecule has 0 saturated carbocycles. The quantitative estimate of drug-likeness (QED) is 0.783. The van der Waals surface area contributed by atoms with Crippen LogP contribution in [0.3, 0.4) is 0 Å². The molecule has 150 valence electrons. The zero-order chi connectivity index (χ0) is 20.5. The Kier molecular flexibility index (Phi) is 5.63. The Hall–Kier alpha value is -2.34. The number of ketones is 2. The minimum atomic E-state index is -0.195. The highest BCUT2D eigenvalue weighted by atomic mass is 35.5. The van der Waals surface area contributed by atoms with Crippen molar-refractivity contribution in [1.29, 1.82) is 0 Å². The summed E-state index contributed by atoms with van der Waals surface area (Å²) in [5, 5.41) is 3.96. The van der Waals surface area contributed by atoms with Gasteiger partial charge in [-0.2, -0.15) is 0 Å². The SMILES string of the molecule is CCN1CCN(C2=C(Nc3ccc(Cl)c(Cl)c3)C(=O)c3ccccc3C2=O)CC1. The molecule has 7 heteroatoms. The number of hydrogen-bond donors (Lipinski definition) is 1. The Morgan fingerprint density at radius 2 is 1.55 bits per heavy atom. The zero-order valence-corrected chi connectivity index (χ0v) is 17.6. The average Bonchev–Trinajstić information content (AvgIpc) is 2.75. The van der Waals surface area contributed by atoms with Crippen molar-refractivity contribution in [1.82, 2.24) is 9.80 Å². The number of Topliss-reactive ketones (excluding diaryl/α,β-unsaturated/α-hetero) is 2. The summed E-state index contributed by atoms with van der Waals surface area (Å²) in [6.45, 7) is 6.18. The van der Waals surface area contributed by atoms with Crippen LogP contribution in [0.5, 0.6) is 0 Å². The van der Waals surface area contributed by atoms with Gasteiger partial charge in [-0.05, 0) is 24.7 Å². The topological polar surface area (TPSA) is 52.6 Å². The molecule has 0 amide bonds. The van der Waals surface area contributed by atoms with Crippen LogP contribution in [-0.2, 0) is 0 Å². The minimum absolute atomic E-state index is 0.132. The Bertz CT molecular complexity index is 1010. The molecule has 2 aliphatic rings. The van der Waals surface area contributed by atoms with Gasteiger partial charge in [0.05, 0.1) is 10.0 Å². The Morgan fingerprint density at radius 3 is 2.17 bits per heavy atom. The summed E-state index contributed by atoms with van der Waals surface area (Å²) < 4.78 is 0. The first-order chi connectivity index (χ1) is 14.0. The van der Waals surface area contributed by atoms with Crippen LogP contribution >= 0.6 is 23.2 Å². The first-order valence-corrected chi connectivity index (χ1v) is 10.4. The molecule has 1 aliphatic heterocycles. The fraction of sp³-hybridized carbons (Fsp3) is 0.273. The fourth-order valence-electron chi connectivity index (χ4n) is 3.79. The largest absolute Gasteiger partial charge is 0.364 e. The molecular formula is C22H21Cl2N3O2. The van der Waals surface area contributed by atoms with Crippen molar-refractivity contribution in [3.05, 3.63) is 75.0 Å². The number of carbonyl (C=O) groups excluding carboxylic acids is 2. The molecule has 1 aliphatic carbocycles. The number of allylic oxidation sites excluding steroid dienone is 2. The Labute approximate surface area is 179 Å². The smallest absolute Gasteiger partial charge is 0.212 e. The third kappa shape index (κ3) is 3.78. The van der Waals surface area contributed by atoms with Gasteiger partial charge in [0.1, 0.15) is 11.4 Å².